The van der Waals surface area contributed by atoms with Crippen LogP contribution in [-0.2, 0) is 26.0 Å². The molecule has 1 fully saturated rings. The summed E-state index contributed by atoms with van der Waals surface area (Å²) >= 11 is 1.55. The van der Waals surface area contributed by atoms with Crippen molar-refractivity contribution in [2.75, 3.05) is 51.0 Å². The number of piperazine rings is 1. The number of nitrogens with two attached hydrogens (primary N) is 1. The molecular formula is C20H32N4O4S2. The van der Waals surface area contributed by atoms with Gasteiger partial charge in [-0.3, -0.25) is 9.59 Å². The average molecular weight is 457 g/mol. The third-order valence-corrected chi connectivity index (χ3v) is 7.86. The highest BCUT2D eigenvalue weighted by Gasteiger charge is 2.38. The van der Waals surface area contributed by atoms with Crippen LogP contribution in [0.2, 0.25) is 0 Å². The van der Waals surface area contributed by atoms with Crippen molar-refractivity contribution in [3.8, 4) is 0 Å². The van der Waals surface area contributed by atoms with Crippen LogP contribution in [-0.4, -0.2) is 86.0 Å². The third-order valence-electron chi connectivity index (χ3n) is 5.37. The molecule has 0 unspecified atom stereocenters. The molecule has 8 nitrogen and oxygen atoms in total. The molecule has 0 radical (unpaired) electrons. The van der Waals surface area contributed by atoms with E-state index in [-0.39, 0.29) is 18.6 Å². The van der Waals surface area contributed by atoms with Gasteiger partial charge in [-0.15, -0.1) is 0 Å². The van der Waals surface area contributed by atoms with Crippen LogP contribution in [0, 0.1) is 0 Å². The van der Waals surface area contributed by atoms with Gasteiger partial charge in [-0.05, 0) is 31.0 Å². The Hall–Kier alpha value is -1.62. The van der Waals surface area contributed by atoms with E-state index in [2.05, 4.69) is 10.2 Å². The summed E-state index contributed by atoms with van der Waals surface area (Å²) in [4.78, 5) is 27.2. The Morgan fingerprint density at radius 3 is 2.37 bits per heavy atom. The number of thioether (sulfide) groups is 1. The lowest BCUT2D eigenvalue weighted by molar-refractivity contribution is -0.131. The van der Waals surface area contributed by atoms with Crippen LogP contribution in [0.1, 0.15) is 18.4 Å². The van der Waals surface area contributed by atoms with E-state index >= 15 is 0 Å². The van der Waals surface area contributed by atoms with Crippen LogP contribution in [0.15, 0.2) is 30.3 Å². The van der Waals surface area contributed by atoms with E-state index < -0.39 is 27.4 Å². The van der Waals surface area contributed by atoms with Crippen molar-refractivity contribution in [2.45, 2.75) is 24.8 Å². The van der Waals surface area contributed by atoms with Gasteiger partial charge in [0.25, 0.3) is 0 Å². The van der Waals surface area contributed by atoms with Gasteiger partial charge in [-0.25, -0.2) is 8.42 Å². The Bertz CT molecular complexity index is 811. The minimum absolute atomic E-state index is 0.211. The Morgan fingerprint density at radius 1 is 1.17 bits per heavy atom. The maximum atomic E-state index is 12.7. The molecule has 0 aromatic heterocycles. The van der Waals surface area contributed by atoms with Gasteiger partial charge < -0.3 is 16.0 Å². The van der Waals surface area contributed by atoms with Crippen LogP contribution in [0.4, 0.5) is 0 Å². The molecule has 0 spiro atoms. The first kappa shape index (κ1) is 24.6. The fraction of sp³-hybridized carbons (Fsp3) is 0.600. The minimum atomic E-state index is -3.53. The topological polar surface area (TPSA) is 113 Å². The molecule has 0 bridgehead atoms. The molecule has 1 aromatic carbocycles. The van der Waals surface area contributed by atoms with Gasteiger partial charge in [0.2, 0.25) is 21.8 Å². The molecule has 0 saturated carbocycles. The lowest BCUT2D eigenvalue weighted by atomic mass is 9.87. The Labute approximate surface area is 183 Å². The number of likely N-dealkylation sites (N-methyl/N-ethyl adjacent to an activating group) is 1. The number of nitrogens with zero attached hydrogens (tertiary/aromatic N) is 2. The zero-order valence-corrected chi connectivity index (χ0v) is 19.3. The molecular weight excluding hydrogens is 424 g/mol. The predicted octanol–water partition coefficient (Wildman–Crippen LogP) is 0.290. The monoisotopic (exact) mass is 456 g/mol. The molecule has 1 aromatic rings. The maximum absolute atomic E-state index is 12.7. The highest BCUT2D eigenvalue weighted by Crippen LogP contribution is 2.20. The first-order valence-electron chi connectivity index (χ1n) is 9.99. The lowest BCUT2D eigenvalue weighted by Gasteiger charge is -2.33. The molecule has 1 saturated heterocycles. The summed E-state index contributed by atoms with van der Waals surface area (Å²) in [6, 6.07) is 9.35. The second kappa shape index (κ2) is 11.1. The van der Waals surface area contributed by atoms with E-state index in [9.17, 15) is 18.0 Å². The maximum Gasteiger partial charge on any atom is 0.243 e. The Morgan fingerprint density at radius 2 is 1.80 bits per heavy atom. The third kappa shape index (κ3) is 6.97. The summed E-state index contributed by atoms with van der Waals surface area (Å²) in [7, 11) is -1.58. The molecule has 3 N–H and O–H groups in total. The van der Waals surface area contributed by atoms with Crippen LogP contribution in [0.5, 0.6) is 0 Å². The number of hydrogen-bond donors (Lipinski definition) is 2. The molecule has 10 heteroatoms. The molecule has 1 heterocycles. The Balaban J connectivity index is 2.06. The van der Waals surface area contributed by atoms with E-state index in [4.69, 9.17) is 5.73 Å². The average Bonchev–Trinajstić information content (AvgIpc) is 2.71. The van der Waals surface area contributed by atoms with Crippen LogP contribution >= 0.6 is 11.8 Å². The summed E-state index contributed by atoms with van der Waals surface area (Å²) in [5.41, 5.74) is 5.35. The Kier molecular flexibility index (Phi) is 9.14. The van der Waals surface area contributed by atoms with E-state index in [1.165, 1.54) is 4.31 Å². The number of carbonyl (C=O) groups excluding carboxylic acids is 2. The molecule has 1 aliphatic rings. The summed E-state index contributed by atoms with van der Waals surface area (Å²) in [5, 5.41) is 2.78. The largest absolute Gasteiger partial charge is 0.368 e. The highest BCUT2D eigenvalue weighted by atomic mass is 32.2. The first-order valence-corrected chi connectivity index (χ1v) is 13.0. The second-order valence-electron chi connectivity index (χ2n) is 7.67. The molecule has 1 atom stereocenters. The van der Waals surface area contributed by atoms with Crippen molar-refractivity contribution in [2.24, 2.45) is 5.73 Å². The van der Waals surface area contributed by atoms with Gasteiger partial charge in [0.05, 0.1) is 5.75 Å². The number of rotatable bonds is 11. The van der Waals surface area contributed by atoms with Crippen molar-refractivity contribution < 1.29 is 18.0 Å². The highest BCUT2D eigenvalue weighted by molar-refractivity contribution is 7.98. The predicted molar refractivity (Wildman–Crippen MR) is 121 cm³/mol. The smallest absolute Gasteiger partial charge is 0.243 e. The summed E-state index contributed by atoms with van der Waals surface area (Å²) in [6.07, 6.45) is 2.34. The normalized spacial score (nSPS) is 17.9. The van der Waals surface area contributed by atoms with E-state index in [1.807, 2.05) is 43.6 Å². The SMILES string of the molecule is CSCC[C@](Cc1ccccc1)(NC(=O)CCS(=O)(=O)N1CCN(C)CC1)C(N)=O. The molecule has 168 valence electrons. The van der Waals surface area contributed by atoms with E-state index in [0.29, 0.717) is 38.4 Å². The van der Waals surface area contributed by atoms with E-state index in [1.54, 1.807) is 11.8 Å². The molecule has 2 amide bonds. The van der Waals surface area contributed by atoms with Gasteiger partial charge in [0, 0.05) is 39.0 Å². The standard InChI is InChI=1S/C20H32N4O4S2/c1-23-10-12-24(13-11-23)30(27,28)15-8-18(25)22-20(19(21)26,9-14-29-2)16-17-6-4-3-5-7-17/h3-7H,8-16H2,1-2H3,(H2,21,26)(H,22,25)/t20-/m1/s1. The number of carbonyl (C=O) groups is 2. The fourth-order valence-corrected chi connectivity index (χ4v) is 5.41. The second-order valence-corrected chi connectivity index (χ2v) is 10.7. The van der Waals surface area contributed by atoms with Gasteiger partial charge >= 0.3 is 0 Å². The molecule has 1 aliphatic heterocycles. The number of amides is 2. The number of nitrogens with one attached hydrogen (secondary N) is 1. The lowest BCUT2D eigenvalue weighted by Crippen LogP contribution is -2.59. The van der Waals surface area contributed by atoms with E-state index in [0.717, 1.165) is 5.56 Å². The number of primary amides is 1. The summed E-state index contributed by atoms with van der Waals surface area (Å²) < 4.78 is 26.6. The van der Waals surface area contributed by atoms with Crippen molar-refractivity contribution in [3.63, 3.8) is 0 Å². The van der Waals surface area contributed by atoms with Crippen molar-refractivity contribution in [1.29, 1.82) is 0 Å². The summed E-state index contributed by atoms with van der Waals surface area (Å²) in [6.45, 7) is 2.19. The number of benzene rings is 1. The van der Waals surface area contributed by atoms with Crippen LogP contribution < -0.4 is 11.1 Å². The zero-order valence-electron chi connectivity index (χ0n) is 17.7. The first-order chi connectivity index (χ1) is 14.2. The molecule has 30 heavy (non-hydrogen) atoms. The minimum Gasteiger partial charge on any atom is -0.368 e. The quantitative estimate of drug-likeness (QED) is 0.495. The molecule has 2 rings (SSSR count). The molecule has 0 aliphatic carbocycles. The number of hydrogen-bond acceptors (Lipinski definition) is 6. The van der Waals surface area contributed by atoms with Crippen molar-refractivity contribution in [3.05, 3.63) is 35.9 Å². The van der Waals surface area contributed by atoms with Gasteiger partial charge in [-0.2, -0.15) is 16.1 Å². The van der Waals surface area contributed by atoms with Crippen molar-refractivity contribution >= 4 is 33.6 Å². The zero-order chi connectivity index (χ0) is 22.2. The number of sulfonamides is 1. The summed E-state index contributed by atoms with van der Waals surface area (Å²) in [5.74, 6) is -0.750. The van der Waals surface area contributed by atoms with Crippen LogP contribution in [0.3, 0.4) is 0 Å². The van der Waals surface area contributed by atoms with Gasteiger partial charge in [0.1, 0.15) is 5.54 Å². The van der Waals surface area contributed by atoms with Crippen LogP contribution in [0.25, 0.3) is 0 Å². The fourth-order valence-electron chi connectivity index (χ4n) is 3.43. The van der Waals surface area contributed by atoms with Crippen molar-refractivity contribution in [1.82, 2.24) is 14.5 Å². The van der Waals surface area contributed by atoms with Gasteiger partial charge in [0.15, 0.2) is 0 Å². The van der Waals surface area contributed by atoms with Gasteiger partial charge in [-0.1, -0.05) is 30.3 Å².